The number of fused-ring (bicyclic) bond motifs is 5. The van der Waals surface area contributed by atoms with Crippen molar-refractivity contribution in [2.45, 2.75) is 26.2 Å². The normalized spacial score (nSPS) is 39.9. The maximum atomic E-state index is 6.27. The molecular formula is C14H19ClN4. The fourth-order valence-electron chi connectivity index (χ4n) is 4.89. The number of hydrogen-bond donors (Lipinski definition) is 1. The van der Waals surface area contributed by atoms with Gasteiger partial charge in [0.15, 0.2) is 5.82 Å². The van der Waals surface area contributed by atoms with Gasteiger partial charge in [-0.2, -0.15) is 0 Å². The number of rotatable bonds is 1. The minimum Gasteiger partial charge on any atom is -0.382 e. The monoisotopic (exact) mass is 278 g/mol. The lowest BCUT2D eigenvalue weighted by Gasteiger charge is -2.34. The van der Waals surface area contributed by atoms with Crippen molar-refractivity contribution in [1.29, 1.82) is 0 Å². The number of nitrogen functional groups attached to an aromatic ring is 1. The zero-order chi connectivity index (χ0) is 13.2. The van der Waals surface area contributed by atoms with Gasteiger partial charge in [0, 0.05) is 13.1 Å². The predicted octanol–water partition coefficient (Wildman–Crippen LogP) is 2.58. The Morgan fingerprint density at radius 2 is 2.26 bits per heavy atom. The maximum Gasteiger partial charge on any atom is 0.153 e. The summed E-state index contributed by atoms with van der Waals surface area (Å²) in [5.41, 5.74) is 6.24. The van der Waals surface area contributed by atoms with Crippen LogP contribution < -0.4 is 10.6 Å². The standard InChI is InChI=1S/C14H19ClN4/c1-14-6-19(13-11(15)12(16)17-7-18-13)5-10(14)8-2-3-9(14)4-8/h7-10H,2-6H2,1H3,(H2,16,17,18)/t8-,9+,10?,14?/m1/s1. The number of hydrogen-bond acceptors (Lipinski definition) is 4. The number of nitrogens with two attached hydrogens (primary N) is 1. The van der Waals surface area contributed by atoms with Crippen LogP contribution in [0.25, 0.3) is 0 Å². The summed E-state index contributed by atoms with van der Waals surface area (Å²) in [6, 6.07) is 0. The number of aromatic nitrogens is 2. The van der Waals surface area contributed by atoms with Gasteiger partial charge in [-0.05, 0) is 42.4 Å². The van der Waals surface area contributed by atoms with Crippen LogP contribution in [0.5, 0.6) is 0 Å². The molecule has 2 N–H and O–H groups in total. The van der Waals surface area contributed by atoms with E-state index in [0.717, 1.165) is 36.7 Å². The van der Waals surface area contributed by atoms with E-state index >= 15 is 0 Å². The van der Waals surface area contributed by atoms with Gasteiger partial charge in [-0.25, -0.2) is 9.97 Å². The van der Waals surface area contributed by atoms with E-state index in [0.29, 0.717) is 16.3 Å². The molecule has 1 saturated heterocycles. The van der Waals surface area contributed by atoms with Crippen molar-refractivity contribution in [3.8, 4) is 0 Å². The van der Waals surface area contributed by atoms with Crippen LogP contribution in [0, 0.1) is 23.2 Å². The van der Waals surface area contributed by atoms with Crippen molar-refractivity contribution in [1.82, 2.24) is 9.97 Å². The molecule has 1 aliphatic heterocycles. The van der Waals surface area contributed by atoms with Crippen molar-refractivity contribution in [2.75, 3.05) is 23.7 Å². The van der Waals surface area contributed by atoms with E-state index in [2.05, 4.69) is 21.8 Å². The molecule has 4 atom stereocenters. The van der Waals surface area contributed by atoms with Gasteiger partial charge < -0.3 is 10.6 Å². The lowest BCUT2D eigenvalue weighted by Crippen LogP contribution is -2.33. The van der Waals surface area contributed by atoms with E-state index in [1.807, 2.05) is 0 Å². The fraction of sp³-hybridized carbons (Fsp3) is 0.714. The molecule has 2 saturated carbocycles. The highest BCUT2D eigenvalue weighted by atomic mass is 35.5. The molecule has 0 aromatic carbocycles. The Balaban J connectivity index is 1.68. The third-order valence-electron chi connectivity index (χ3n) is 5.87. The molecule has 4 rings (SSSR count). The fourth-order valence-corrected chi connectivity index (χ4v) is 5.11. The molecule has 2 unspecified atom stereocenters. The summed E-state index contributed by atoms with van der Waals surface area (Å²) < 4.78 is 0. The summed E-state index contributed by atoms with van der Waals surface area (Å²) in [6.45, 7) is 4.60. The molecule has 2 aliphatic carbocycles. The van der Waals surface area contributed by atoms with Gasteiger partial charge >= 0.3 is 0 Å². The van der Waals surface area contributed by atoms with E-state index in [1.165, 1.54) is 25.6 Å². The first kappa shape index (κ1) is 11.8. The molecule has 19 heavy (non-hydrogen) atoms. The van der Waals surface area contributed by atoms with E-state index in [-0.39, 0.29) is 0 Å². The molecule has 0 radical (unpaired) electrons. The number of halogens is 1. The predicted molar refractivity (Wildman–Crippen MR) is 76.1 cm³/mol. The molecule has 3 aliphatic rings. The van der Waals surface area contributed by atoms with Gasteiger partial charge in [0.05, 0.1) is 0 Å². The highest BCUT2D eigenvalue weighted by Crippen LogP contribution is 2.62. The Labute approximate surface area is 118 Å². The van der Waals surface area contributed by atoms with Crippen molar-refractivity contribution in [3.05, 3.63) is 11.3 Å². The lowest BCUT2D eigenvalue weighted by molar-refractivity contribution is 0.157. The van der Waals surface area contributed by atoms with Gasteiger partial charge in [-0.1, -0.05) is 18.5 Å². The second-order valence-electron chi connectivity index (χ2n) is 6.66. The van der Waals surface area contributed by atoms with E-state index in [1.54, 1.807) is 0 Å². The molecule has 4 nitrogen and oxygen atoms in total. The maximum absolute atomic E-state index is 6.27. The summed E-state index contributed by atoms with van der Waals surface area (Å²) in [5.74, 6) is 3.82. The zero-order valence-corrected chi connectivity index (χ0v) is 11.9. The summed E-state index contributed by atoms with van der Waals surface area (Å²) in [4.78, 5) is 10.6. The Morgan fingerprint density at radius 3 is 3.05 bits per heavy atom. The molecule has 1 aromatic heterocycles. The van der Waals surface area contributed by atoms with Gasteiger partial charge in [-0.15, -0.1) is 0 Å². The average molecular weight is 279 g/mol. The van der Waals surface area contributed by atoms with Gasteiger partial charge in [0.25, 0.3) is 0 Å². The van der Waals surface area contributed by atoms with Crippen molar-refractivity contribution >= 4 is 23.2 Å². The number of nitrogens with zero attached hydrogens (tertiary/aromatic N) is 3. The van der Waals surface area contributed by atoms with Crippen LogP contribution in [0.4, 0.5) is 11.6 Å². The summed E-state index contributed by atoms with van der Waals surface area (Å²) in [6.07, 6.45) is 5.78. The molecule has 5 heteroatoms. The van der Waals surface area contributed by atoms with E-state index in [4.69, 9.17) is 17.3 Å². The summed E-state index contributed by atoms with van der Waals surface area (Å²) >= 11 is 6.27. The smallest absolute Gasteiger partial charge is 0.153 e. The first-order chi connectivity index (χ1) is 9.09. The van der Waals surface area contributed by atoms with Crippen molar-refractivity contribution in [2.24, 2.45) is 23.2 Å². The summed E-state index contributed by atoms with van der Waals surface area (Å²) in [5, 5.41) is 0.512. The molecule has 2 heterocycles. The first-order valence-electron chi connectivity index (χ1n) is 7.10. The van der Waals surface area contributed by atoms with E-state index < -0.39 is 0 Å². The van der Waals surface area contributed by atoms with E-state index in [9.17, 15) is 0 Å². The Morgan fingerprint density at radius 1 is 1.42 bits per heavy atom. The number of anilines is 2. The van der Waals surface area contributed by atoms with Crippen LogP contribution in [0.2, 0.25) is 5.02 Å². The third kappa shape index (κ3) is 1.46. The van der Waals surface area contributed by atoms with Crippen molar-refractivity contribution in [3.63, 3.8) is 0 Å². The Kier molecular flexibility index (Phi) is 2.32. The molecule has 102 valence electrons. The largest absolute Gasteiger partial charge is 0.382 e. The van der Waals surface area contributed by atoms with Crippen LogP contribution in [0.15, 0.2) is 6.33 Å². The SMILES string of the molecule is CC12CN(c3ncnc(N)c3Cl)CC1[C@@H]1CC[C@H]2C1. The van der Waals surface area contributed by atoms with Crippen LogP contribution in [0.3, 0.4) is 0 Å². The first-order valence-corrected chi connectivity index (χ1v) is 7.48. The topological polar surface area (TPSA) is 55.0 Å². The second kappa shape index (κ2) is 3.75. The van der Waals surface area contributed by atoms with Crippen LogP contribution in [-0.2, 0) is 0 Å². The van der Waals surface area contributed by atoms with Crippen LogP contribution in [0.1, 0.15) is 26.2 Å². The highest BCUT2D eigenvalue weighted by molar-refractivity contribution is 6.35. The van der Waals surface area contributed by atoms with Crippen LogP contribution >= 0.6 is 11.6 Å². The zero-order valence-electron chi connectivity index (χ0n) is 11.1. The molecule has 0 amide bonds. The average Bonchev–Trinajstić information content (AvgIpc) is 3.02. The van der Waals surface area contributed by atoms with Crippen LogP contribution in [-0.4, -0.2) is 23.1 Å². The third-order valence-corrected chi connectivity index (χ3v) is 6.23. The second-order valence-corrected chi connectivity index (χ2v) is 7.04. The van der Waals surface area contributed by atoms with Gasteiger partial charge in [-0.3, -0.25) is 0 Å². The quantitative estimate of drug-likeness (QED) is 0.858. The molecule has 2 bridgehead atoms. The Hall–Kier alpha value is -1.03. The minimum absolute atomic E-state index is 0.386. The Bertz CT molecular complexity index is 534. The molecule has 3 fully saturated rings. The minimum atomic E-state index is 0.386. The molecule has 0 spiro atoms. The van der Waals surface area contributed by atoms with Crippen molar-refractivity contribution < 1.29 is 0 Å². The highest BCUT2D eigenvalue weighted by Gasteiger charge is 2.59. The summed E-state index contributed by atoms with van der Waals surface area (Å²) in [7, 11) is 0. The van der Waals surface area contributed by atoms with Gasteiger partial charge in [0.1, 0.15) is 17.2 Å². The molecular weight excluding hydrogens is 260 g/mol. The lowest BCUT2D eigenvalue weighted by atomic mass is 9.70. The molecule has 1 aromatic rings. The van der Waals surface area contributed by atoms with Gasteiger partial charge in [0.2, 0.25) is 0 Å².